The van der Waals surface area contributed by atoms with Crippen LogP contribution < -0.4 is 10.5 Å². The van der Waals surface area contributed by atoms with Crippen molar-refractivity contribution in [3.8, 4) is 5.75 Å². The zero-order valence-corrected chi connectivity index (χ0v) is 12.1. The molecule has 3 N–H and O–H groups in total. The Balaban J connectivity index is 2.34. The topological polar surface area (TPSA) is 86.3 Å². The average Bonchev–Trinajstić information content (AvgIpc) is 2.46. The Morgan fingerprint density at radius 1 is 1.30 bits per heavy atom. The third kappa shape index (κ3) is 5.64. The second-order valence-corrected chi connectivity index (χ2v) is 4.34. The van der Waals surface area contributed by atoms with Gasteiger partial charge in [-0.25, -0.2) is 0 Å². The standard InChI is InChI=1S/C13H19ClN2O4/c1-18-5-2-6-19-7-8-20-12-4-3-10(9-11(12)14)13(15)16-17/h3-4,9,17H,2,5-8H2,1H3,(H2,15,16). The second kappa shape index (κ2) is 9.41. The Morgan fingerprint density at radius 3 is 2.75 bits per heavy atom. The number of halogens is 1. The summed E-state index contributed by atoms with van der Waals surface area (Å²) in [6.45, 7) is 2.19. The van der Waals surface area contributed by atoms with E-state index in [1.165, 1.54) is 0 Å². The highest BCUT2D eigenvalue weighted by molar-refractivity contribution is 6.32. The molecule has 0 amide bonds. The largest absolute Gasteiger partial charge is 0.490 e. The highest BCUT2D eigenvalue weighted by atomic mass is 35.5. The number of benzene rings is 1. The molecule has 0 saturated carbocycles. The zero-order valence-electron chi connectivity index (χ0n) is 11.3. The molecule has 0 aliphatic carbocycles. The molecule has 0 saturated heterocycles. The molecule has 112 valence electrons. The lowest BCUT2D eigenvalue weighted by Crippen LogP contribution is -2.13. The average molecular weight is 303 g/mol. The van der Waals surface area contributed by atoms with Crippen molar-refractivity contribution in [2.24, 2.45) is 10.9 Å². The van der Waals surface area contributed by atoms with Gasteiger partial charge in [-0.1, -0.05) is 16.8 Å². The summed E-state index contributed by atoms with van der Waals surface area (Å²) < 4.78 is 15.7. The summed E-state index contributed by atoms with van der Waals surface area (Å²) >= 11 is 6.04. The number of nitrogens with zero attached hydrogens (tertiary/aromatic N) is 1. The summed E-state index contributed by atoms with van der Waals surface area (Å²) in [5.74, 6) is 0.529. The van der Waals surface area contributed by atoms with E-state index in [2.05, 4.69) is 5.16 Å². The fourth-order valence-electron chi connectivity index (χ4n) is 1.45. The maximum absolute atomic E-state index is 8.57. The Kier molecular flexibility index (Phi) is 7.79. The van der Waals surface area contributed by atoms with Crippen LogP contribution in [0, 0.1) is 0 Å². The lowest BCUT2D eigenvalue weighted by atomic mass is 10.2. The molecular weight excluding hydrogens is 284 g/mol. The van der Waals surface area contributed by atoms with Crippen LogP contribution in [-0.2, 0) is 9.47 Å². The van der Waals surface area contributed by atoms with Crippen molar-refractivity contribution in [2.75, 3.05) is 33.5 Å². The lowest BCUT2D eigenvalue weighted by molar-refractivity contribution is 0.0807. The van der Waals surface area contributed by atoms with Crippen LogP contribution >= 0.6 is 11.6 Å². The van der Waals surface area contributed by atoms with Crippen molar-refractivity contribution in [2.45, 2.75) is 6.42 Å². The number of hydrogen-bond donors (Lipinski definition) is 2. The molecule has 0 fully saturated rings. The molecular formula is C13H19ClN2O4. The Morgan fingerprint density at radius 2 is 2.10 bits per heavy atom. The van der Waals surface area contributed by atoms with Gasteiger partial charge in [0, 0.05) is 25.9 Å². The molecule has 0 aliphatic heterocycles. The quantitative estimate of drug-likeness (QED) is 0.239. The van der Waals surface area contributed by atoms with Gasteiger partial charge >= 0.3 is 0 Å². The van der Waals surface area contributed by atoms with E-state index in [1.807, 2.05) is 0 Å². The van der Waals surface area contributed by atoms with Crippen LogP contribution in [0.25, 0.3) is 0 Å². The van der Waals surface area contributed by atoms with Crippen molar-refractivity contribution >= 4 is 17.4 Å². The van der Waals surface area contributed by atoms with Crippen LogP contribution in [0.2, 0.25) is 5.02 Å². The van der Waals surface area contributed by atoms with Crippen LogP contribution in [-0.4, -0.2) is 44.6 Å². The summed E-state index contributed by atoms with van der Waals surface area (Å²) in [5, 5.41) is 11.9. The highest BCUT2D eigenvalue weighted by Crippen LogP contribution is 2.25. The van der Waals surface area contributed by atoms with Crippen LogP contribution in [0.1, 0.15) is 12.0 Å². The van der Waals surface area contributed by atoms with Crippen LogP contribution in [0.15, 0.2) is 23.4 Å². The van der Waals surface area contributed by atoms with Gasteiger partial charge in [0.2, 0.25) is 0 Å². The number of nitrogens with two attached hydrogens (primary N) is 1. The van der Waals surface area contributed by atoms with Gasteiger partial charge in [-0.3, -0.25) is 0 Å². The van der Waals surface area contributed by atoms with Crippen molar-refractivity contribution in [3.63, 3.8) is 0 Å². The van der Waals surface area contributed by atoms with E-state index >= 15 is 0 Å². The Labute approximate surface area is 123 Å². The maximum atomic E-state index is 8.57. The van der Waals surface area contributed by atoms with Gasteiger partial charge in [0.1, 0.15) is 12.4 Å². The van der Waals surface area contributed by atoms with Gasteiger partial charge in [0.25, 0.3) is 0 Å². The normalized spacial score (nSPS) is 11.6. The summed E-state index contributed by atoms with van der Waals surface area (Å²) in [7, 11) is 1.66. The van der Waals surface area contributed by atoms with Crippen molar-refractivity contribution in [3.05, 3.63) is 28.8 Å². The molecule has 1 aromatic rings. The maximum Gasteiger partial charge on any atom is 0.170 e. The third-order valence-electron chi connectivity index (χ3n) is 2.46. The summed E-state index contributed by atoms with van der Waals surface area (Å²) in [5.41, 5.74) is 5.99. The zero-order chi connectivity index (χ0) is 14.8. The molecule has 0 aliphatic rings. The molecule has 0 spiro atoms. The van der Waals surface area contributed by atoms with Crippen LogP contribution in [0.4, 0.5) is 0 Å². The minimum Gasteiger partial charge on any atom is -0.490 e. The van der Waals surface area contributed by atoms with Gasteiger partial charge in [-0.2, -0.15) is 0 Å². The van der Waals surface area contributed by atoms with Crippen molar-refractivity contribution in [1.82, 2.24) is 0 Å². The van der Waals surface area contributed by atoms with E-state index in [-0.39, 0.29) is 5.84 Å². The molecule has 1 aromatic carbocycles. The van der Waals surface area contributed by atoms with E-state index in [0.717, 1.165) is 6.42 Å². The van der Waals surface area contributed by atoms with Gasteiger partial charge in [0.15, 0.2) is 5.84 Å². The molecule has 20 heavy (non-hydrogen) atoms. The van der Waals surface area contributed by atoms with Crippen molar-refractivity contribution in [1.29, 1.82) is 0 Å². The van der Waals surface area contributed by atoms with Gasteiger partial charge < -0.3 is 25.2 Å². The molecule has 0 atom stereocenters. The molecule has 7 heteroatoms. The molecule has 0 radical (unpaired) electrons. The van der Waals surface area contributed by atoms with E-state index < -0.39 is 0 Å². The number of methoxy groups -OCH3 is 1. The molecule has 0 aromatic heterocycles. The Hall–Kier alpha value is -1.50. The molecule has 0 bridgehead atoms. The first-order valence-corrected chi connectivity index (χ1v) is 6.53. The SMILES string of the molecule is COCCCOCCOc1ccc(/C(N)=N/O)cc1Cl. The first-order valence-electron chi connectivity index (χ1n) is 6.16. The molecule has 0 unspecified atom stereocenters. The smallest absolute Gasteiger partial charge is 0.170 e. The van der Waals surface area contributed by atoms with E-state index in [1.54, 1.807) is 25.3 Å². The van der Waals surface area contributed by atoms with Gasteiger partial charge in [-0.05, 0) is 24.6 Å². The minimum atomic E-state index is -0.0000681. The van der Waals surface area contributed by atoms with E-state index in [4.69, 9.17) is 36.8 Å². The number of oxime groups is 1. The first kappa shape index (κ1) is 16.6. The minimum absolute atomic E-state index is 0.0000681. The highest BCUT2D eigenvalue weighted by Gasteiger charge is 2.06. The van der Waals surface area contributed by atoms with E-state index in [0.29, 0.717) is 42.8 Å². The van der Waals surface area contributed by atoms with Gasteiger partial charge in [-0.15, -0.1) is 0 Å². The number of hydrogen-bond acceptors (Lipinski definition) is 5. The number of rotatable bonds is 9. The van der Waals surface area contributed by atoms with Gasteiger partial charge in [0.05, 0.1) is 11.6 Å². The monoisotopic (exact) mass is 302 g/mol. The molecule has 0 heterocycles. The second-order valence-electron chi connectivity index (χ2n) is 3.94. The predicted molar refractivity (Wildman–Crippen MR) is 76.8 cm³/mol. The fourth-order valence-corrected chi connectivity index (χ4v) is 1.69. The summed E-state index contributed by atoms with van der Waals surface area (Å²) in [6, 6.07) is 4.90. The number of amidine groups is 1. The Bertz CT molecular complexity index is 440. The first-order chi connectivity index (χ1) is 9.69. The number of ether oxygens (including phenoxy) is 3. The molecule has 6 nitrogen and oxygen atoms in total. The predicted octanol–water partition coefficient (Wildman–Crippen LogP) is 1.87. The third-order valence-corrected chi connectivity index (χ3v) is 2.75. The molecule has 1 rings (SSSR count). The van der Waals surface area contributed by atoms with Crippen LogP contribution in [0.3, 0.4) is 0 Å². The lowest BCUT2D eigenvalue weighted by Gasteiger charge is -2.09. The van der Waals surface area contributed by atoms with Crippen LogP contribution in [0.5, 0.6) is 5.75 Å². The van der Waals surface area contributed by atoms with E-state index in [9.17, 15) is 0 Å². The fraction of sp³-hybridized carbons (Fsp3) is 0.462. The summed E-state index contributed by atoms with van der Waals surface area (Å²) in [6.07, 6.45) is 0.853. The summed E-state index contributed by atoms with van der Waals surface area (Å²) in [4.78, 5) is 0. The van der Waals surface area contributed by atoms with Crippen molar-refractivity contribution < 1.29 is 19.4 Å².